The smallest absolute Gasteiger partial charge is 0.221 e. The number of rotatable bonds is 2. The van der Waals surface area contributed by atoms with E-state index < -0.39 is 0 Å². The minimum absolute atomic E-state index is 0.332. The zero-order chi connectivity index (χ0) is 21.5. The third kappa shape index (κ3) is 3.32. The average Bonchev–Trinajstić information content (AvgIpc) is 2.83. The second-order valence-electron chi connectivity index (χ2n) is 8.45. The first kappa shape index (κ1) is 18.8. The summed E-state index contributed by atoms with van der Waals surface area (Å²) >= 11 is 0. The van der Waals surface area contributed by atoms with Gasteiger partial charge in [0.05, 0.1) is 11.4 Å². The van der Waals surface area contributed by atoms with Crippen molar-refractivity contribution in [3.8, 4) is 11.3 Å². The zero-order valence-corrected chi connectivity index (χ0v) is 17.8. The molecule has 1 aliphatic carbocycles. The Labute approximate surface area is 187 Å². The molecule has 0 bridgehead atoms. The SMILES string of the molecule is Nc1nc2c(c(-c3ccc4ccccc4c3)n1)CCC/C2=C\c1ccc2ccccc2c1. The van der Waals surface area contributed by atoms with Gasteiger partial charge < -0.3 is 5.73 Å². The average molecular weight is 414 g/mol. The Balaban J connectivity index is 1.48. The van der Waals surface area contributed by atoms with Crippen LogP contribution in [0.5, 0.6) is 0 Å². The molecule has 0 aliphatic heterocycles. The summed E-state index contributed by atoms with van der Waals surface area (Å²) < 4.78 is 0. The Morgan fingerprint density at radius 3 is 2.09 bits per heavy atom. The summed E-state index contributed by atoms with van der Waals surface area (Å²) in [6, 6.07) is 30.0. The lowest BCUT2D eigenvalue weighted by Gasteiger charge is -2.21. The predicted octanol–water partition coefficient (Wildman–Crippen LogP) is 6.91. The number of fused-ring (bicyclic) bond motifs is 3. The monoisotopic (exact) mass is 413 g/mol. The van der Waals surface area contributed by atoms with Crippen molar-refractivity contribution < 1.29 is 0 Å². The van der Waals surface area contributed by atoms with Gasteiger partial charge in [0.2, 0.25) is 5.95 Å². The van der Waals surface area contributed by atoms with Gasteiger partial charge in [-0.2, -0.15) is 0 Å². The van der Waals surface area contributed by atoms with E-state index in [1.54, 1.807) is 0 Å². The Morgan fingerprint density at radius 2 is 1.31 bits per heavy atom. The lowest BCUT2D eigenvalue weighted by Crippen LogP contribution is -2.11. The fraction of sp³-hybridized carbons (Fsp3) is 0.103. The van der Waals surface area contributed by atoms with Gasteiger partial charge in [-0.05, 0) is 70.2 Å². The third-order valence-corrected chi connectivity index (χ3v) is 6.34. The molecule has 0 saturated heterocycles. The number of hydrogen-bond acceptors (Lipinski definition) is 3. The van der Waals surface area contributed by atoms with Gasteiger partial charge in [-0.15, -0.1) is 0 Å². The van der Waals surface area contributed by atoms with E-state index in [1.165, 1.54) is 38.2 Å². The van der Waals surface area contributed by atoms with Crippen LogP contribution in [0.2, 0.25) is 0 Å². The van der Waals surface area contributed by atoms with Gasteiger partial charge in [0.1, 0.15) is 0 Å². The second-order valence-corrected chi connectivity index (χ2v) is 8.45. The van der Waals surface area contributed by atoms with Crippen LogP contribution in [-0.4, -0.2) is 9.97 Å². The van der Waals surface area contributed by atoms with Crippen molar-refractivity contribution in [3.63, 3.8) is 0 Å². The fourth-order valence-electron chi connectivity index (χ4n) is 4.79. The van der Waals surface area contributed by atoms with Crippen molar-refractivity contribution in [2.45, 2.75) is 19.3 Å². The van der Waals surface area contributed by atoms with E-state index >= 15 is 0 Å². The van der Waals surface area contributed by atoms with E-state index in [2.05, 4.69) is 96.0 Å². The zero-order valence-electron chi connectivity index (χ0n) is 17.8. The van der Waals surface area contributed by atoms with Crippen molar-refractivity contribution in [1.82, 2.24) is 9.97 Å². The Morgan fingerprint density at radius 1 is 0.656 bits per heavy atom. The molecule has 1 aromatic heterocycles. The van der Waals surface area contributed by atoms with Gasteiger partial charge in [-0.25, -0.2) is 9.97 Å². The summed E-state index contributed by atoms with van der Waals surface area (Å²) in [5.74, 6) is 0.332. The third-order valence-electron chi connectivity index (χ3n) is 6.34. The van der Waals surface area contributed by atoms with E-state index in [0.29, 0.717) is 5.95 Å². The van der Waals surface area contributed by atoms with Crippen molar-refractivity contribution in [2.24, 2.45) is 0 Å². The van der Waals surface area contributed by atoms with Gasteiger partial charge >= 0.3 is 0 Å². The number of allylic oxidation sites excluding steroid dienone is 1. The van der Waals surface area contributed by atoms with Gasteiger partial charge in [0.15, 0.2) is 0 Å². The van der Waals surface area contributed by atoms with Crippen LogP contribution in [-0.2, 0) is 6.42 Å². The van der Waals surface area contributed by atoms with Gasteiger partial charge in [-0.1, -0.05) is 72.8 Å². The van der Waals surface area contributed by atoms with Crippen LogP contribution in [0.3, 0.4) is 0 Å². The predicted molar refractivity (Wildman–Crippen MR) is 134 cm³/mol. The van der Waals surface area contributed by atoms with Crippen LogP contribution in [0.4, 0.5) is 5.95 Å². The molecule has 5 aromatic rings. The number of nitrogen functional groups attached to an aromatic ring is 1. The minimum Gasteiger partial charge on any atom is -0.368 e. The summed E-state index contributed by atoms with van der Waals surface area (Å²) in [5.41, 5.74) is 12.9. The maximum Gasteiger partial charge on any atom is 0.221 e. The largest absolute Gasteiger partial charge is 0.368 e. The topological polar surface area (TPSA) is 51.8 Å². The summed E-state index contributed by atoms with van der Waals surface area (Å²) in [6.45, 7) is 0. The highest BCUT2D eigenvalue weighted by Crippen LogP contribution is 2.37. The number of benzene rings is 4. The molecule has 0 spiro atoms. The number of nitrogens with two attached hydrogens (primary N) is 1. The first-order chi connectivity index (χ1) is 15.7. The minimum atomic E-state index is 0.332. The first-order valence-electron chi connectivity index (χ1n) is 11.1. The van der Waals surface area contributed by atoms with Crippen LogP contribution in [0.15, 0.2) is 84.9 Å². The molecule has 2 N–H and O–H groups in total. The highest BCUT2D eigenvalue weighted by atomic mass is 15.0. The van der Waals surface area contributed by atoms with Gasteiger partial charge in [0, 0.05) is 11.1 Å². The second kappa shape index (κ2) is 7.61. The molecular formula is C29H23N3. The van der Waals surface area contributed by atoms with Crippen molar-refractivity contribution in [2.75, 3.05) is 5.73 Å². The molecule has 0 radical (unpaired) electrons. The summed E-state index contributed by atoms with van der Waals surface area (Å²) in [4.78, 5) is 9.39. The van der Waals surface area contributed by atoms with E-state index in [1.807, 2.05) is 0 Å². The van der Waals surface area contributed by atoms with E-state index in [-0.39, 0.29) is 0 Å². The van der Waals surface area contributed by atoms with Crippen LogP contribution >= 0.6 is 0 Å². The molecule has 0 saturated carbocycles. The molecular weight excluding hydrogens is 390 g/mol. The molecule has 154 valence electrons. The molecule has 6 rings (SSSR count). The maximum atomic E-state index is 6.21. The summed E-state index contributed by atoms with van der Waals surface area (Å²) in [6.07, 6.45) is 5.31. The number of hydrogen-bond donors (Lipinski definition) is 1. The molecule has 1 aliphatic rings. The van der Waals surface area contributed by atoms with Crippen molar-refractivity contribution >= 4 is 39.1 Å². The molecule has 0 amide bonds. The standard InChI is InChI=1S/C29H23N3/c30-29-31-27-24(17-19-12-13-20-6-1-3-8-22(20)16-19)10-5-11-26(27)28(32-29)25-15-14-21-7-2-4-9-23(21)18-25/h1-4,6-9,12-18H,5,10-11H2,(H2,30,31,32)/b24-17+. The Kier molecular flexibility index (Phi) is 4.46. The van der Waals surface area contributed by atoms with Crippen molar-refractivity contribution in [1.29, 1.82) is 0 Å². The lowest BCUT2D eigenvalue weighted by atomic mass is 9.87. The molecule has 0 fully saturated rings. The highest BCUT2D eigenvalue weighted by Gasteiger charge is 2.22. The summed E-state index contributed by atoms with van der Waals surface area (Å²) in [7, 11) is 0. The molecule has 3 nitrogen and oxygen atoms in total. The number of anilines is 1. The molecule has 1 heterocycles. The Bertz CT molecular complexity index is 1510. The van der Waals surface area contributed by atoms with Gasteiger partial charge in [-0.3, -0.25) is 0 Å². The normalized spacial score (nSPS) is 14.7. The first-order valence-corrected chi connectivity index (χ1v) is 11.1. The summed E-state index contributed by atoms with van der Waals surface area (Å²) in [5, 5.41) is 4.93. The molecule has 4 aromatic carbocycles. The quantitative estimate of drug-likeness (QED) is 0.342. The molecule has 32 heavy (non-hydrogen) atoms. The molecule has 0 unspecified atom stereocenters. The molecule has 3 heteroatoms. The van der Waals surface area contributed by atoms with E-state index in [4.69, 9.17) is 10.7 Å². The van der Waals surface area contributed by atoms with E-state index in [9.17, 15) is 0 Å². The number of nitrogens with zero attached hydrogens (tertiary/aromatic N) is 2. The van der Waals surface area contributed by atoms with Gasteiger partial charge in [0.25, 0.3) is 0 Å². The fourth-order valence-corrected chi connectivity index (χ4v) is 4.79. The van der Waals surface area contributed by atoms with Crippen LogP contribution in [0.25, 0.3) is 44.5 Å². The van der Waals surface area contributed by atoms with Crippen molar-refractivity contribution in [3.05, 3.63) is 102 Å². The highest BCUT2D eigenvalue weighted by molar-refractivity contribution is 5.91. The maximum absolute atomic E-state index is 6.21. The Hall–Kier alpha value is -3.98. The van der Waals surface area contributed by atoms with E-state index in [0.717, 1.165) is 36.2 Å². The lowest BCUT2D eigenvalue weighted by molar-refractivity contribution is 0.806. The molecule has 0 atom stereocenters. The number of aromatic nitrogens is 2. The van der Waals surface area contributed by atoms with Crippen LogP contribution in [0.1, 0.15) is 29.7 Å². The van der Waals surface area contributed by atoms with Crippen LogP contribution < -0.4 is 5.73 Å². The van der Waals surface area contributed by atoms with Crippen LogP contribution in [0, 0.1) is 0 Å².